The van der Waals surface area contributed by atoms with Crippen molar-refractivity contribution in [3.63, 3.8) is 0 Å². The van der Waals surface area contributed by atoms with Gasteiger partial charge in [0.25, 0.3) is 0 Å². The zero-order valence-electron chi connectivity index (χ0n) is 26.3. The van der Waals surface area contributed by atoms with Crippen LogP contribution in [-0.4, -0.2) is 83.0 Å². The van der Waals surface area contributed by atoms with E-state index >= 15 is 0 Å². The number of ether oxygens (including phenoxy) is 4. The van der Waals surface area contributed by atoms with Crippen molar-refractivity contribution in [3.05, 3.63) is 65.7 Å². The van der Waals surface area contributed by atoms with Crippen molar-refractivity contribution < 1.29 is 37.2 Å². The Bertz CT molecular complexity index is 1690. The van der Waals surface area contributed by atoms with Gasteiger partial charge in [-0.2, -0.15) is 4.98 Å². The molecule has 12 nitrogen and oxygen atoms in total. The van der Waals surface area contributed by atoms with Crippen LogP contribution >= 0.6 is 0 Å². The van der Waals surface area contributed by atoms with Gasteiger partial charge >= 0.3 is 6.36 Å². The van der Waals surface area contributed by atoms with Gasteiger partial charge in [-0.15, -0.1) is 13.2 Å². The SMILES string of the molecule is COc1cc(-n2cnc(Nc3nc4c(c(N5CCCC5CO)n3)CCN(Cc3cccc(OC(F)(F)F)c3)C4)c2)cc(OC)c1OC. The van der Waals surface area contributed by atoms with Crippen LogP contribution in [0.2, 0.25) is 0 Å². The summed E-state index contributed by atoms with van der Waals surface area (Å²) < 4.78 is 60.7. The Morgan fingerprint density at radius 3 is 2.51 bits per heavy atom. The van der Waals surface area contributed by atoms with Gasteiger partial charge in [0.05, 0.1) is 51.6 Å². The van der Waals surface area contributed by atoms with Crippen molar-refractivity contribution in [1.82, 2.24) is 24.4 Å². The second kappa shape index (κ2) is 13.5. The predicted molar refractivity (Wildman–Crippen MR) is 167 cm³/mol. The highest BCUT2D eigenvalue weighted by Gasteiger charge is 2.32. The summed E-state index contributed by atoms with van der Waals surface area (Å²) >= 11 is 0. The van der Waals surface area contributed by atoms with Crippen LogP contribution in [0, 0.1) is 0 Å². The molecule has 0 aliphatic carbocycles. The first-order chi connectivity index (χ1) is 22.7. The van der Waals surface area contributed by atoms with Crippen LogP contribution in [0.4, 0.5) is 30.8 Å². The predicted octanol–water partition coefficient (Wildman–Crippen LogP) is 4.85. The van der Waals surface area contributed by atoms with E-state index < -0.39 is 6.36 Å². The van der Waals surface area contributed by atoms with Crippen molar-refractivity contribution in [2.75, 3.05) is 51.2 Å². The van der Waals surface area contributed by atoms with Gasteiger partial charge in [0, 0.05) is 43.9 Å². The largest absolute Gasteiger partial charge is 0.573 e. The number of hydrogen-bond donors (Lipinski definition) is 2. The van der Waals surface area contributed by atoms with Gasteiger partial charge in [0.1, 0.15) is 17.9 Å². The lowest BCUT2D eigenvalue weighted by molar-refractivity contribution is -0.274. The van der Waals surface area contributed by atoms with E-state index in [1.807, 2.05) is 12.1 Å². The van der Waals surface area contributed by atoms with E-state index in [1.165, 1.54) is 12.1 Å². The Morgan fingerprint density at radius 2 is 1.81 bits per heavy atom. The molecule has 250 valence electrons. The zero-order valence-corrected chi connectivity index (χ0v) is 26.3. The minimum absolute atomic E-state index is 0.0171. The molecular formula is C32H36F3N7O5. The van der Waals surface area contributed by atoms with E-state index in [0.717, 1.165) is 42.1 Å². The molecule has 47 heavy (non-hydrogen) atoms. The Hall–Kier alpha value is -4.76. The van der Waals surface area contributed by atoms with Gasteiger partial charge in [-0.05, 0) is 37.0 Å². The lowest BCUT2D eigenvalue weighted by Crippen LogP contribution is -2.37. The standard InChI is InChI=1S/C32H36F3N7O5/c1-44-26-13-22(14-27(45-2)29(26)46-3)41-17-28(36-19-41)38-31-37-25-16-40(15-20-6-4-8-23(12-20)47-32(33,34)35)11-9-24(25)30(39-31)42-10-5-7-21(42)18-43/h4,6,8,12-14,17,19,21,43H,5,7,9-11,15-16,18H2,1-3H3,(H,37,38,39). The average Bonchev–Trinajstić information content (AvgIpc) is 3.73. The van der Waals surface area contributed by atoms with Crippen LogP contribution in [0.1, 0.15) is 29.7 Å². The number of fused-ring (bicyclic) bond motifs is 1. The van der Waals surface area contributed by atoms with Gasteiger partial charge in [0.2, 0.25) is 11.7 Å². The summed E-state index contributed by atoms with van der Waals surface area (Å²) in [6.45, 7) is 2.32. The van der Waals surface area contributed by atoms with Gasteiger partial charge in [-0.25, -0.2) is 9.97 Å². The number of aliphatic hydroxyl groups is 1. The van der Waals surface area contributed by atoms with E-state index in [-0.39, 0.29) is 18.4 Å². The second-order valence-electron chi connectivity index (χ2n) is 11.3. The summed E-state index contributed by atoms with van der Waals surface area (Å²) in [7, 11) is 4.64. The maximum Gasteiger partial charge on any atom is 0.573 e. The molecule has 1 unspecified atom stereocenters. The Labute approximate surface area is 269 Å². The number of methoxy groups -OCH3 is 3. The van der Waals surface area contributed by atoms with Gasteiger partial charge < -0.3 is 38.8 Å². The highest BCUT2D eigenvalue weighted by Crippen LogP contribution is 2.39. The highest BCUT2D eigenvalue weighted by atomic mass is 19.4. The average molecular weight is 656 g/mol. The van der Waals surface area contributed by atoms with Gasteiger partial charge in [-0.3, -0.25) is 4.90 Å². The van der Waals surface area contributed by atoms with Crippen molar-refractivity contribution >= 4 is 17.6 Å². The topological polar surface area (TPSA) is 119 Å². The Kier molecular flexibility index (Phi) is 9.27. The molecule has 1 saturated heterocycles. The number of hydrogen-bond acceptors (Lipinski definition) is 11. The zero-order chi connectivity index (χ0) is 33.1. The molecular weight excluding hydrogens is 619 g/mol. The molecule has 0 saturated carbocycles. The molecule has 6 rings (SSSR count). The summed E-state index contributed by atoms with van der Waals surface area (Å²) in [4.78, 5) is 18.6. The third-order valence-corrected chi connectivity index (χ3v) is 8.29. The summed E-state index contributed by atoms with van der Waals surface area (Å²) in [6, 6.07) is 9.59. The quantitative estimate of drug-likeness (QED) is 0.231. The normalized spacial score (nSPS) is 16.6. The summed E-state index contributed by atoms with van der Waals surface area (Å²) in [5.41, 5.74) is 3.23. The Balaban J connectivity index is 1.27. The number of alkyl halides is 3. The van der Waals surface area contributed by atoms with Crippen LogP contribution in [0.25, 0.3) is 5.69 Å². The monoisotopic (exact) mass is 655 g/mol. The van der Waals surface area contributed by atoms with Crippen LogP contribution in [0.3, 0.4) is 0 Å². The Morgan fingerprint density at radius 1 is 1.02 bits per heavy atom. The molecule has 15 heteroatoms. The summed E-state index contributed by atoms with van der Waals surface area (Å²) in [5.74, 6) is 2.85. The number of nitrogens with one attached hydrogen (secondary N) is 1. The number of anilines is 3. The molecule has 0 amide bonds. The van der Waals surface area contributed by atoms with Crippen LogP contribution in [0.5, 0.6) is 23.0 Å². The van der Waals surface area contributed by atoms with Crippen molar-refractivity contribution in [2.24, 2.45) is 0 Å². The molecule has 4 heterocycles. The third kappa shape index (κ3) is 7.15. The molecule has 4 aromatic rings. The van der Waals surface area contributed by atoms with Crippen molar-refractivity contribution in [2.45, 2.75) is 44.8 Å². The van der Waals surface area contributed by atoms with Crippen LogP contribution in [0.15, 0.2) is 48.9 Å². The number of benzene rings is 2. The van der Waals surface area contributed by atoms with Gasteiger partial charge in [-0.1, -0.05) is 12.1 Å². The molecule has 1 atom stereocenters. The molecule has 2 aliphatic heterocycles. The van der Waals surface area contributed by atoms with Crippen molar-refractivity contribution in [1.29, 1.82) is 0 Å². The molecule has 2 N–H and O–H groups in total. The van der Waals surface area contributed by atoms with Gasteiger partial charge in [0.15, 0.2) is 17.3 Å². The molecule has 2 aromatic carbocycles. The van der Waals surface area contributed by atoms with Crippen LogP contribution < -0.4 is 29.2 Å². The minimum Gasteiger partial charge on any atom is -0.493 e. The third-order valence-electron chi connectivity index (χ3n) is 8.29. The first-order valence-corrected chi connectivity index (χ1v) is 15.1. The number of imidazole rings is 1. The smallest absolute Gasteiger partial charge is 0.493 e. The molecule has 2 aliphatic rings. The number of halogens is 3. The van der Waals surface area contributed by atoms with E-state index in [9.17, 15) is 18.3 Å². The summed E-state index contributed by atoms with van der Waals surface area (Å²) in [6.07, 6.45) is 1.12. The van der Waals surface area contributed by atoms with E-state index in [0.29, 0.717) is 60.6 Å². The lowest BCUT2D eigenvalue weighted by atomic mass is 10.0. The maximum atomic E-state index is 12.8. The molecule has 1 fully saturated rings. The fourth-order valence-electron chi connectivity index (χ4n) is 6.16. The fourth-order valence-corrected chi connectivity index (χ4v) is 6.16. The second-order valence-corrected chi connectivity index (χ2v) is 11.3. The maximum absolute atomic E-state index is 12.8. The van der Waals surface area contributed by atoms with E-state index in [4.69, 9.17) is 24.2 Å². The fraction of sp³-hybridized carbons (Fsp3) is 0.406. The number of nitrogens with zero attached hydrogens (tertiary/aromatic N) is 6. The summed E-state index contributed by atoms with van der Waals surface area (Å²) in [5, 5.41) is 13.3. The molecule has 0 spiro atoms. The van der Waals surface area contributed by atoms with Crippen LogP contribution in [-0.2, 0) is 19.5 Å². The number of rotatable bonds is 11. The minimum atomic E-state index is -4.76. The number of aromatic nitrogens is 4. The lowest BCUT2D eigenvalue weighted by Gasteiger charge is -2.33. The molecule has 2 aromatic heterocycles. The van der Waals surface area contributed by atoms with E-state index in [2.05, 4.69) is 24.8 Å². The number of aliphatic hydroxyl groups excluding tert-OH is 1. The van der Waals surface area contributed by atoms with E-state index in [1.54, 1.807) is 50.6 Å². The first kappa shape index (κ1) is 32.2. The molecule has 0 bridgehead atoms. The van der Waals surface area contributed by atoms with Crippen molar-refractivity contribution in [3.8, 4) is 28.7 Å². The highest BCUT2D eigenvalue weighted by molar-refractivity contribution is 5.60. The molecule has 0 radical (unpaired) electrons. The first-order valence-electron chi connectivity index (χ1n) is 15.1.